The van der Waals surface area contributed by atoms with E-state index in [4.69, 9.17) is 5.73 Å². The molecule has 1 aliphatic heterocycles. The van der Waals surface area contributed by atoms with Gasteiger partial charge in [0.15, 0.2) is 0 Å². The highest BCUT2D eigenvalue weighted by Crippen LogP contribution is 2.32. The molecule has 1 aromatic carbocycles. The fourth-order valence-electron chi connectivity index (χ4n) is 2.10. The molecule has 0 radical (unpaired) electrons. The van der Waals surface area contributed by atoms with Crippen LogP contribution in [0.25, 0.3) is 0 Å². The fourth-order valence-corrected chi connectivity index (χ4v) is 3.62. The number of anilines is 1. The molecule has 0 bridgehead atoms. The summed E-state index contributed by atoms with van der Waals surface area (Å²) in [5.74, 6) is -0.571. The molecule has 2 aromatic rings. The Morgan fingerprint density at radius 2 is 2.00 bits per heavy atom. The first kappa shape index (κ1) is 12.6. The van der Waals surface area contributed by atoms with Gasteiger partial charge in [-0.05, 0) is 30.3 Å². The van der Waals surface area contributed by atoms with Gasteiger partial charge >= 0.3 is 0 Å². The van der Waals surface area contributed by atoms with E-state index in [1.807, 2.05) is 0 Å². The highest BCUT2D eigenvalue weighted by atomic mass is 32.2. The smallest absolute Gasteiger partial charge is 0.269 e. The lowest BCUT2D eigenvalue weighted by Crippen LogP contribution is -2.29. The van der Waals surface area contributed by atoms with E-state index in [0.29, 0.717) is 11.4 Å². The number of sulfonamides is 1. The van der Waals surface area contributed by atoms with Gasteiger partial charge in [0.1, 0.15) is 4.90 Å². The number of carbonyl (C=O) groups excluding carboxylic acids is 1. The monoisotopic (exact) mass is 289 g/mol. The average Bonchev–Trinajstić information content (AvgIpc) is 2.61. The Balaban J connectivity index is 2.05. The molecule has 1 aromatic heterocycles. The van der Waals surface area contributed by atoms with Gasteiger partial charge in [-0.1, -0.05) is 6.07 Å². The summed E-state index contributed by atoms with van der Waals surface area (Å²) in [6.45, 7) is -0.0867. The van der Waals surface area contributed by atoms with Gasteiger partial charge in [-0.3, -0.25) is 9.78 Å². The molecule has 0 saturated heterocycles. The average molecular weight is 289 g/mol. The van der Waals surface area contributed by atoms with Crippen LogP contribution in [0.15, 0.2) is 47.5 Å². The molecule has 1 aliphatic rings. The van der Waals surface area contributed by atoms with E-state index >= 15 is 0 Å². The third-order valence-electron chi connectivity index (χ3n) is 3.06. The van der Waals surface area contributed by atoms with Crippen LogP contribution in [0.3, 0.4) is 0 Å². The molecule has 102 valence electrons. The molecule has 0 saturated carbocycles. The van der Waals surface area contributed by atoms with Crippen LogP contribution in [0.4, 0.5) is 5.69 Å². The predicted octanol–water partition coefficient (Wildman–Crippen LogP) is 1.01. The summed E-state index contributed by atoms with van der Waals surface area (Å²) < 4.78 is 25.5. The number of pyridine rings is 1. The van der Waals surface area contributed by atoms with Crippen molar-refractivity contribution in [2.45, 2.75) is 11.4 Å². The highest BCUT2D eigenvalue weighted by molar-refractivity contribution is 7.90. The van der Waals surface area contributed by atoms with Crippen LogP contribution in [-0.4, -0.2) is 23.6 Å². The molecular formula is C13H11N3O3S. The lowest BCUT2D eigenvalue weighted by atomic mass is 10.2. The van der Waals surface area contributed by atoms with Crippen LogP contribution in [0.5, 0.6) is 0 Å². The van der Waals surface area contributed by atoms with Gasteiger partial charge in [-0.15, -0.1) is 0 Å². The van der Waals surface area contributed by atoms with Gasteiger partial charge < -0.3 is 5.73 Å². The molecule has 7 heteroatoms. The minimum Gasteiger partial charge on any atom is -0.399 e. The summed E-state index contributed by atoms with van der Waals surface area (Å²) in [6.07, 6.45) is 1.55. The van der Waals surface area contributed by atoms with Gasteiger partial charge in [0, 0.05) is 11.9 Å². The molecule has 2 N–H and O–H groups in total. The second kappa shape index (κ2) is 4.31. The molecule has 0 atom stereocenters. The van der Waals surface area contributed by atoms with Crippen molar-refractivity contribution in [1.82, 2.24) is 9.29 Å². The van der Waals surface area contributed by atoms with Crippen LogP contribution < -0.4 is 5.73 Å². The third kappa shape index (κ3) is 1.83. The van der Waals surface area contributed by atoms with Crippen LogP contribution in [0, 0.1) is 0 Å². The van der Waals surface area contributed by atoms with E-state index in [0.717, 1.165) is 4.31 Å². The molecule has 0 aliphatic carbocycles. The van der Waals surface area contributed by atoms with Crippen molar-refractivity contribution in [3.05, 3.63) is 53.9 Å². The number of hydrogen-bond donors (Lipinski definition) is 1. The Labute approximate surface area is 115 Å². The van der Waals surface area contributed by atoms with Crippen molar-refractivity contribution in [1.29, 1.82) is 0 Å². The van der Waals surface area contributed by atoms with Crippen molar-refractivity contribution in [3.63, 3.8) is 0 Å². The largest absolute Gasteiger partial charge is 0.399 e. The number of hydrogen-bond acceptors (Lipinski definition) is 5. The predicted molar refractivity (Wildman–Crippen MR) is 72.2 cm³/mol. The van der Waals surface area contributed by atoms with E-state index in [2.05, 4.69) is 4.98 Å². The number of aromatic nitrogens is 1. The topological polar surface area (TPSA) is 93.4 Å². The molecule has 3 rings (SSSR count). The van der Waals surface area contributed by atoms with Gasteiger partial charge in [-0.2, -0.15) is 0 Å². The molecule has 2 heterocycles. The van der Waals surface area contributed by atoms with E-state index in [-0.39, 0.29) is 17.0 Å². The van der Waals surface area contributed by atoms with E-state index in [1.54, 1.807) is 24.4 Å². The standard InChI is InChI=1S/C13H11N3O3S/c14-9-4-5-12-11(7-9)13(17)16(20(12,18)19)8-10-3-1-2-6-15-10/h1-7H,8,14H2. The maximum absolute atomic E-state index is 12.3. The minimum atomic E-state index is -3.82. The summed E-state index contributed by atoms with van der Waals surface area (Å²) in [7, 11) is -3.82. The summed E-state index contributed by atoms with van der Waals surface area (Å²) in [5, 5.41) is 0. The number of nitrogens with zero attached hydrogens (tertiary/aromatic N) is 2. The van der Waals surface area contributed by atoms with Crippen molar-refractivity contribution < 1.29 is 13.2 Å². The maximum Gasteiger partial charge on any atom is 0.269 e. The Bertz CT molecular complexity index is 788. The van der Waals surface area contributed by atoms with E-state index in [9.17, 15) is 13.2 Å². The first-order chi connectivity index (χ1) is 9.50. The van der Waals surface area contributed by atoms with E-state index in [1.165, 1.54) is 18.2 Å². The second-order valence-electron chi connectivity index (χ2n) is 4.39. The van der Waals surface area contributed by atoms with Crippen LogP contribution in [0.1, 0.15) is 16.1 Å². The zero-order chi connectivity index (χ0) is 14.3. The van der Waals surface area contributed by atoms with Crippen molar-refractivity contribution >= 4 is 21.6 Å². The number of fused-ring (bicyclic) bond motifs is 1. The summed E-state index contributed by atoms with van der Waals surface area (Å²) in [4.78, 5) is 16.3. The lowest BCUT2D eigenvalue weighted by molar-refractivity contribution is 0.0864. The number of nitrogens with two attached hydrogens (primary N) is 1. The third-order valence-corrected chi connectivity index (χ3v) is 4.85. The van der Waals surface area contributed by atoms with Gasteiger partial charge in [0.2, 0.25) is 0 Å². The summed E-state index contributed by atoms with van der Waals surface area (Å²) >= 11 is 0. The Morgan fingerprint density at radius 1 is 1.20 bits per heavy atom. The molecule has 0 spiro atoms. The summed E-state index contributed by atoms with van der Waals surface area (Å²) in [6, 6.07) is 9.33. The summed E-state index contributed by atoms with van der Waals surface area (Å²) in [5.41, 5.74) is 6.57. The minimum absolute atomic E-state index is 0.00682. The van der Waals surface area contributed by atoms with Gasteiger partial charge in [-0.25, -0.2) is 12.7 Å². The number of carbonyl (C=O) groups is 1. The van der Waals surface area contributed by atoms with Crippen LogP contribution in [-0.2, 0) is 16.6 Å². The number of nitrogen functional groups attached to an aromatic ring is 1. The van der Waals surface area contributed by atoms with Crippen LogP contribution >= 0.6 is 0 Å². The van der Waals surface area contributed by atoms with Gasteiger partial charge in [0.25, 0.3) is 15.9 Å². The Morgan fingerprint density at radius 3 is 2.70 bits per heavy atom. The SMILES string of the molecule is Nc1ccc2c(c1)C(=O)N(Cc1ccccn1)S2(=O)=O. The first-order valence-electron chi connectivity index (χ1n) is 5.86. The number of amides is 1. The molecule has 0 fully saturated rings. The first-order valence-corrected chi connectivity index (χ1v) is 7.30. The lowest BCUT2D eigenvalue weighted by Gasteiger charge is -2.14. The quantitative estimate of drug-likeness (QED) is 0.833. The Hall–Kier alpha value is -2.41. The molecule has 0 unspecified atom stereocenters. The molecule has 20 heavy (non-hydrogen) atoms. The zero-order valence-corrected chi connectivity index (χ0v) is 11.2. The number of rotatable bonds is 2. The van der Waals surface area contributed by atoms with Crippen molar-refractivity contribution in [2.24, 2.45) is 0 Å². The highest BCUT2D eigenvalue weighted by Gasteiger charge is 2.41. The van der Waals surface area contributed by atoms with Crippen molar-refractivity contribution in [2.75, 3.05) is 5.73 Å². The fraction of sp³-hybridized carbons (Fsp3) is 0.0769. The van der Waals surface area contributed by atoms with Crippen molar-refractivity contribution in [3.8, 4) is 0 Å². The zero-order valence-electron chi connectivity index (χ0n) is 10.4. The molecule has 6 nitrogen and oxygen atoms in total. The number of benzene rings is 1. The maximum atomic E-state index is 12.3. The van der Waals surface area contributed by atoms with Crippen LogP contribution in [0.2, 0.25) is 0 Å². The molecule has 1 amide bonds. The molecular weight excluding hydrogens is 278 g/mol. The van der Waals surface area contributed by atoms with E-state index < -0.39 is 15.9 Å². The second-order valence-corrected chi connectivity index (χ2v) is 6.22. The normalized spacial score (nSPS) is 16.2. The Kier molecular flexibility index (Phi) is 2.72. The van der Waals surface area contributed by atoms with Gasteiger partial charge in [0.05, 0.1) is 17.8 Å².